The van der Waals surface area contributed by atoms with Crippen molar-refractivity contribution in [2.24, 2.45) is 5.41 Å². The highest BCUT2D eigenvalue weighted by Gasteiger charge is 2.42. The minimum Gasteiger partial charge on any atom is -0.493 e. The summed E-state index contributed by atoms with van der Waals surface area (Å²) in [7, 11) is 1.54. The maximum atomic E-state index is 14.2. The van der Waals surface area contributed by atoms with Crippen molar-refractivity contribution in [1.82, 2.24) is 14.8 Å². The molecule has 1 N–H and O–H groups in total. The first-order chi connectivity index (χ1) is 17.7. The fourth-order valence-electron chi connectivity index (χ4n) is 4.88. The van der Waals surface area contributed by atoms with Gasteiger partial charge < -0.3 is 14.8 Å². The van der Waals surface area contributed by atoms with Gasteiger partial charge in [0.25, 0.3) is 0 Å². The Hall–Kier alpha value is -3.04. The van der Waals surface area contributed by atoms with E-state index in [9.17, 15) is 9.18 Å². The van der Waals surface area contributed by atoms with Gasteiger partial charge in [-0.25, -0.2) is 9.07 Å². The highest BCUT2D eigenvalue weighted by atomic mass is 35.5. The van der Waals surface area contributed by atoms with Crippen LogP contribution in [0.25, 0.3) is 0 Å². The minimum absolute atomic E-state index is 0.0533. The van der Waals surface area contributed by atoms with Gasteiger partial charge in [0, 0.05) is 23.3 Å². The third-order valence-electron chi connectivity index (χ3n) is 6.52. The molecule has 0 fully saturated rings. The van der Waals surface area contributed by atoms with Gasteiger partial charge in [-0.2, -0.15) is 4.98 Å². The number of carbonyl (C=O) groups is 1. The Morgan fingerprint density at radius 3 is 2.78 bits per heavy atom. The molecule has 7 nitrogen and oxygen atoms in total. The quantitative estimate of drug-likeness (QED) is 0.345. The number of allylic oxidation sites excluding steroid dienone is 2. The van der Waals surface area contributed by atoms with Crippen LogP contribution in [-0.4, -0.2) is 33.4 Å². The SMILES string of the molecule is CCSc1nc2n(n1)C(c1ccc(OCc3c(F)cccc3Cl)c(OC)c1)C1=C(CC(C)(C)CC1=O)N2. The van der Waals surface area contributed by atoms with Crippen molar-refractivity contribution in [3.8, 4) is 11.5 Å². The lowest BCUT2D eigenvalue weighted by molar-refractivity contribution is -0.118. The van der Waals surface area contributed by atoms with Gasteiger partial charge in [-0.15, -0.1) is 5.10 Å². The number of nitrogens with one attached hydrogen (secondary N) is 1. The number of nitrogens with zero attached hydrogens (tertiary/aromatic N) is 3. The first-order valence-corrected chi connectivity index (χ1v) is 13.4. The molecule has 0 amide bonds. The largest absolute Gasteiger partial charge is 0.493 e. The van der Waals surface area contributed by atoms with Crippen molar-refractivity contribution < 1.29 is 18.7 Å². The number of rotatable bonds is 7. The molecule has 1 aromatic heterocycles. The van der Waals surface area contributed by atoms with Crippen LogP contribution in [0, 0.1) is 11.2 Å². The summed E-state index contributed by atoms with van der Waals surface area (Å²) in [5, 5.41) is 9.05. The van der Waals surface area contributed by atoms with Gasteiger partial charge in [0.1, 0.15) is 18.5 Å². The van der Waals surface area contributed by atoms with Crippen LogP contribution in [0.4, 0.5) is 10.3 Å². The van der Waals surface area contributed by atoms with Crippen LogP contribution in [0.2, 0.25) is 5.02 Å². The highest BCUT2D eigenvalue weighted by Crippen LogP contribution is 2.46. The number of aromatic nitrogens is 3. The molecule has 1 unspecified atom stereocenters. The van der Waals surface area contributed by atoms with E-state index >= 15 is 0 Å². The second kappa shape index (κ2) is 10.0. The summed E-state index contributed by atoms with van der Waals surface area (Å²) < 4.78 is 27.5. The Bertz CT molecular complexity index is 1380. The van der Waals surface area contributed by atoms with Crippen LogP contribution in [0.1, 0.15) is 50.8 Å². The molecule has 1 aliphatic heterocycles. The van der Waals surface area contributed by atoms with Crippen LogP contribution in [0.5, 0.6) is 11.5 Å². The molecule has 1 atom stereocenters. The summed E-state index contributed by atoms with van der Waals surface area (Å²) >= 11 is 7.70. The summed E-state index contributed by atoms with van der Waals surface area (Å²) in [6.07, 6.45) is 1.18. The standard InChI is InChI=1S/C27H28ClFN4O3S/c1-5-37-26-31-25-30-19-12-27(2,3)13-20(34)23(19)24(33(25)32-26)15-9-10-21(22(11-15)35-4)36-14-16-17(28)7-6-8-18(16)29/h6-11,24H,5,12-14H2,1-4H3,(H,30,31,32). The first kappa shape index (κ1) is 25.6. The number of benzene rings is 2. The van der Waals surface area contributed by atoms with Crippen molar-refractivity contribution in [3.05, 3.63) is 69.6 Å². The van der Waals surface area contributed by atoms with Crippen molar-refractivity contribution in [2.45, 2.75) is 51.4 Å². The van der Waals surface area contributed by atoms with E-state index in [1.165, 1.54) is 6.07 Å². The third kappa shape index (κ3) is 4.94. The van der Waals surface area contributed by atoms with E-state index in [2.05, 4.69) is 24.1 Å². The number of Topliss-reactive ketones (excluding diaryl/α,β-unsaturated/α-hetero) is 1. The zero-order valence-corrected chi connectivity index (χ0v) is 22.7. The maximum Gasteiger partial charge on any atom is 0.227 e. The number of methoxy groups -OCH3 is 1. The topological polar surface area (TPSA) is 78.3 Å². The van der Waals surface area contributed by atoms with E-state index in [1.54, 1.807) is 41.8 Å². The molecule has 5 rings (SSSR count). The molecule has 3 aromatic rings. The van der Waals surface area contributed by atoms with Crippen LogP contribution in [-0.2, 0) is 11.4 Å². The highest BCUT2D eigenvalue weighted by molar-refractivity contribution is 7.99. The average molecular weight is 543 g/mol. The smallest absolute Gasteiger partial charge is 0.227 e. The first-order valence-electron chi connectivity index (χ1n) is 12.1. The summed E-state index contributed by atoms with van der Waals surface area (Å²) in [4.78, 5) is 18.1. The van der Waals surface area contributed by atoms with Gasteiger partial charge >= 0.3 is 0 Å². The van der Waals surface area contributed by atoms with Crippen LogP contribution >= 0.6 is 23.4 Å². The monoisotopic (exact) mass is 542 g/mol. The molecule has 194 valence electrons. The second-order valence-corrected chi connectivity index (χ2v) is 11.5. The van der Waals surface area contributed by atoms with Gasteiger partial charge in [-0.1, -0.05) is 56.3 Å². The Kier molecular flexibility index (Phi) is 6.93. The molecule has 0 saturated carbocycles. The summed E-state index contributed by atoms with van der Waals surface area (Å²) in [6, 6.07) is 9.54. The Labute approximate surface area is 224 Å². The van der Waals surface area contributed by atoms with Gasteiger partial charge in [0.2, 0.25) is 11.1 Å². The normalized spacial score (nSPS) is 18.2. The molecular weight excluding hydrogens is 515 g/mol. The summed E-state index contributed by atoms with van der Waals surface area (Å²) in [5.74, 6) is 1.99. The Balaban J connectivity index is 1.54. The van der Waals surface area contributed by atoms with E-state index in [-0.39, 0.29) is 23.4 Å². The molecule has 0 radical (unpaired) electrons. The van der Waals surface area contributed by atoms with Crippen LogP contribution in [0.3, 0.4) is 0 Å². The number of hydrogen-bond acceptors (Lipinski definition) is 7. The molecule has 37 heavy (non-hydrogen) atoms. The molecule has 0 saturated heterocycles. The lowest BCUT2D eigenvalue weighted by Crippen LogP contribution is -2.36. The van der Waals surface area contributed by atoms with E-state index in [0.717, 1.165) is 23.4 Å². The van der Waals surface area contributed by atoms with Crippen LogP contribution in [0.15, 0.2) is 52.8 Å². The number of anilines is 1. The molecular formula is C27H28ClFN4O3S. The number of ketones is 1. The van der Waals surface area contributed by atoms with Crippen molar-refractivity contribution >= 4 is 35.1 Å². The fraction of sp³-hybridized carbons (Fsp3) is 0.370. The van der Waals surface area contributed by atoms with Gasteiger partial charge in [-0.3, -0.25) is 4.79 Å². The predicted molar refractivity (Wildman–Crippen MR) is 142 cm³/mol. The number of fused-ring (bicyclic) bond motifs is 1. The molecule has 2 aliphatic rings. The van der Waals surface area contributed by atoms with Gasteiger partial charge in [-0.05, 0) is 47.4 Å². The zero-order chi connectivity index (χ0) is 26.3. The number of hydrogen-bond donors (Lipinski definition) is 1. The minimum atomic E-state index is -0.461. The van der Waals surface area contributed by atoms with E-state index < -0.39 is 11.9 Å². The maximum absolute atomic E-state index is 14.2. The molecule has 1 aliphatic carbocycles. The van der Waals surface area contributed by atoms with Gasteiger partial charge in [0.05, 0.1) is 12.1 Å². The molecule has 2 aromatic carbocycles. The Morgan fingerprint density at radius 1 is 1.24 bits per heavy atom. The third-order valence-corrected chi connectivity index (χ3v) is 7.60. The summed E-state index contributed by atoms with van der Waals surface area (Å²) in [6.45, 7) is 6.19. The number of carbonyl (C=O) groups excluding carboxylic acids is 1. The van der Waals surface area contributed by atoms with Crippen molar-refractivity contribution in [2.75, 3.05) is 18.2 Å². The molecule has 0 bridgehead atoms. The van der Waals surface area contributed by atoms with E-state index in [4.69, 9.17) is 26.2 Å². The predicted octanol–water partition coefficient (Wildman–Crippen LogP) is 6.43. The average Bonchev–Trinajstić information content (AvgIpc) is 3.24. The van der Waals surface area contributed by atoms with E-state index in [1.807, 2.05) is 19.1 Å². The lowest BCUT2D eigenvalue weighted by atomic mass is 9.73. The summed E-state index contributed by atoms with van der Waals surface area (Å²) in [5.41, 5.74) is 2.51. The number of halogens is 2. The fourth-order valence-corrected chi connectivity index (χ4v) is 5.65. The number of thioether (sulfide) groups is 1. The Morgan fingerprint density at radius 2 is 2.05 bits per heavy atom. The van der Waals surface area contributed by atoms with Crippen molar-refractivity contribution in [3.63, 3.8) is 0 Å². The molecule has 2 heterocycles. The van der Waals surface area contributed by atoms with Crippen LogP contribution < -0.4 is 14.8 Å². The molecule has 10 heteroatoms. The zero-order valence-electron chi connectivity index (χ0n) is 21.1. The number of ether oxygens (including phenoxy) is 2. The second-order valence-electron chi connectivity index (χ2n) is 9.86. The lowest BCUT2D eigenvalue weighted by Gasteiger charge is -2.38. The van der Waals surface area contributed by atoms with Crippen molar-refractivity contribution in [1.29, 1.82) is 0 Å². The van der Waals surface area contributed by atoms with Gasteiger partial charge in [0.15, 0.2) is 17.3 Å². The van der Waals surface area contributed by atoms with E-state index in [0.29, 0.717) is 39.6 Å². The molecule has 0 spiro atoms.